The number of hydrogen-bond acceptors (Lipinski definition) is 5. The van der Waals surface area contributed by atoms with Gasteiger partial charge in [-0.1, -0.05) is 32.3 Å². The zero-order chi connectivity index (χ0) is 22.6. The average Bonchev–Trinajstić information content (AvgIpc) is 2.69. The highest BCUT2D eigenvalue weighted by Gasteiger charge is 2.17. The van der Waals surface area contributed by atoms with Gasteiger partial charge in [-0.3, -0.25) is 14.1 Å². The zero-order valence-corrected chi connectivity index (χ0v) is 18.0. The summed E-state index contributed by atoms with van der Waals surface area (Å²) in [6.45, 7) is 5.16. The molecule has 0 aliphatic carbocycles. The minimum absolute atomic E-state index is 0.201. The molecule has 0 saturated carbocycles. The lowest BCUT2D eigenvalue weighted by Crippen LogP contribution is -2.48. The SMILES string of the molecule is C=C(C)C(=O)NC(CCCCCCCCC=O)NC(=O)c1ccc(S(=O)(=O)O)cc1. The molecule has 3 N–H and O–H groups in total. The van der Waals surface area contributed by atoms with Crippen molar-refractivity contribution in [3.63, 3.8) is 0 Å². The first-order valence-corrected chi connectivity index (χ1v) is 11.4. The Morgan fingerprint density at radius 2 is 1.60 bits per heavy atom. The first-order valence-electron chi connectivity index (χ1n) is 9.93. The fraction of sp³-hybridized carbons (Fsp3) is 0.476. The molecular weight excluding hydrogens is 408 g/mol. The van der Waals surface area contributed by atoms with Crippen LogP contribution in [-0.2, 0) is 19.7 Å². The van der Waals surface area contributed by atoms with Crippen molar-refractivity contribution in [1.29, 1.82) is 0 Å². The van der Waals surface area contributed by atoms with Gasteiger partial charge in [0.15, 0.2) is 0 Å². The lowest BCUT2D eigenvalue weighted by Gasteiger charge is -2.20. The molecule has 1 aromatic rings. The molecule has 0 heterocycles. The Morgan fingerprint density at radius 3 is 2.13 bits per heavy atom. The van der Waals surface area contributed by atoms with E-state index >= 15 is 0 Å². The van der Waals surface area contributed by atoms with Crippen molar-refractivity contribution < 1.29 is 27.4 Å². The summed E-state index contributed by atoms with van der Waals surface area (Å²) < 4.78 is 31.2. The van der Waals surface area contributed by atoms with Gasteiger partial charge in [-0.2, -0.15) is 8.42 Å². The van der Waals surface area contributed by atoms with Gasteiger partial charge in [-0.15, -0.1) is 0 Å². The molecule has 1 unspecified atom stereocenters. The molecular formula is C21H30N2O6S. The van der Waals surface area contributed by atoms with Crippen LogP contribution in [0.5, 0.6) is 0 Å². The molecule has 166 valence electrons. The van der Waals surface area contributed by atoms with Crippen molar-refractivity contribution in [1.82, 2.24) is 10.6 Å². The Balaban J connectivity index is 2.62. The Hall–Kier alpha value is -2.52. The van der Waals surface area contributed by atoms with Crippen molar-refractivity contribution in [2.45, 2.75) is 69.4 Å². The van der Waals surface area contributed by atoms with E-state index in [1.165, 1.54) is 12.1 Å². The van der Waals surface area contributed by atoms with Gasteiger partial charge >= 0.3 is 0 Å². The summed E-state index contributed by atoms with van der Waals surface area (Å²) in [6, 6.07) is 4.84. The van der Waals surface area contributed by atoms with Crippen LogP contribution in [0.15, 0.2) is 41.3 Å². The number of carbonyl (C=O) groups excluding carboxylic acids is 3. The summed E-state index contributed by atoms with van der Waals surface area (Å²) in [4.78, 5) is 34.4. The molecule has 8 nitrogen and oxygen atoms in total. The monoisotopic (exact) mass is 438 g/mol. The largest absolute Gasteiger partial charge is 0.332 e. The highest BCUT2D eigenvalue weighted by atomic mass is 32.2. The summed E-state index contributed by atoms with van der Waals surface area (Å²) in [5, 5.41) is 5.46. The van der Waals surface area contributed by atoms with Crippen LogP contribution < -0.4 is 10.6 Å². The minimum Gasteiger partial charge on any atom is -0.332 e. The van der Waals surface area contributed by atoms with E-state index < -0.39 is 22.2 Å². The number of unbranched alkanes of at least 4 members (excludes halogenated alkanes) is 6. The van der Waals surface area contributed by atoms with Gasteiger partial charge in [0.25, 0.3) is 16.0 Å². The van der Waals surface area contributed by atoms with Crippen molar-refractivity contribution in [3.05, 3.63) is 42.0 Å². The summed E-state index contributed by atoms with van der Waals surface area (Å²) in [6.07, 6.45) is 7.10. The molecule has 2 amide bonds. The molecule has 0 aliphatic heterocycles. The lowest BCUT2D eigenvalue weighted by molar-refractivity contribution is -0.118. The number of benzene rings is 1. The number of nitrogens with one attached hydrogen (secondary N) is 2. The first-order chi connectivity index (χ1) is 14.1. The van der Waals surface area contributed by atoms with Gasteiger partial charge in [0, 0.05) is 17.6 Å². The van der Waals surface area contributed by atoms with Crippen molar-refractivity contribution >= 4 is 28.2 Å². The van der Waals surface area contributed by atoms with Crippen LogP contribution in [0.1, 0.15) is 68.6 Å². The lowest BCUT2D eigenvalue weighted by atomic mass is 10.1. The average molecular weight is 439 g/mol. The van der Waals surface area contributed by atoms with Crippen LogP contribution in [-0.4, -0.2) is 37.2 Å². The van der Waals surface area contributed by atoms with Crippen LogP contribution in [0.25, 0.3) is 0 Å². The van der Waals surface area contributed by atoms with Gasteiger partial charge in [0.2, 0.25) is 5.91 Å². The quantitative estimate of drug-likeness (QED) is 0.135. The molecule has 1 aromatic carbocycles. The predicted octanol–water partition coefficient (Wildman–Crippen LogP) is 3.00. The second-order valence-electron chi connectivity index (χ2n) is 7.14. The molecule has 0 aliphatic rings. The Labute approximate surface area is 177 Å². The summed E-state index contributed by atoms with van der Waals surface area (Å²) in [7, 11) is -4.33. The zero-order valence-electron chi connectivity index (χ0n) is 17.2. The van der Waals surface area contributed by atoms with Crippen molar-refractivity contribution in [2.75, 3.05) is 0 Å². The number of amides is 2. The van der Waals surface area contributed by atoms with E-state index in [1.54, 1.807) is 6.92 Å². The van der Waals surface area contributed by atoms with Crippen LogP contribution in [0, 0.1) is 0 Å². The number of carbonyl (C=O) groups is 3. The fourth-order valence-corrected chi connectivity index (χ4v) is 3.24. The minimum atomic E-state index is -4.33. The van der Waals surface area contributed by atoms with Crippen molar-refractivity contribution in [3.8, 4) is 0 Å². The predicted molar refractivity (Wildman–Crippen MR) is 113 cm³/mol. The van der Waals surface area contributed by atoms with E-state index in [2.05, 4.69) is 17.2 Å². The summed E-state index contributed by atoms with van der Waals surface area (Å²) in [5.41, 5.74) is 0.522. The Kier molecular flexibility index (Phi) is 11.0. The highest BCUT2D eigenvalue weighted by molar-refractivity contribution is 7.85. The number of rotatable bonds is 14. The smallest absolute Gasteiger partial charge is 0.294 e. The van der Waals surface area contributed by atoms with Crippen molar-refractivity contribution in [2.24, 2.45) is 0 Å². The molecule has 1 atom stereocenters. The molecule has 9 heteroatoms. The fourth-order valence-electron chi connectivity index (χ4n) is 2.76. The second-order valence-corrected chi connectivity index (χ2v) is 8.57. The molecule has 0 saturated heterocycles. The number of hydrogen-bond donors (Lipinski definition) is 3. The third-order valence-electron chi connectivity index (χ3n) is 4.48. The third-order valence-corrected chi connectivity index (χ3v) is 5.35. The van der Waals surface area contributed by atoms with E-state index in [9.17, 15) is 22.8 Å². The molecule has 0 radical (unpaired) electrons. The third kappa shape index (κ3) is 9.80. The van der Waals surface area contributed by atoms with Gasteiger partial charge in [-0.05, 0) is 50.5 Å². The number of aldehydes is 1. The molecule has 0 spiro atoms. The van der Waals surface area contributed by atoms with Crippen LogP contribution in [0.3, 0.4) is 0 Å². The van der Waals surface area contributed by atoms with Gasteiger partial charge in [-0.25, -0.2) is 0 Å². The Bertz CT molecular complexity index is 834. The highest BCUT2D eigenvalue weighted by Crippen LogP contribution is 2.12. The maximum Gasteiger partial charge on any atom is 0.294 e. The summed E-state index contributed by atoms with van der Waals surface area (Å²) >= 11 is 0. The van der Waals surface area contributed by atoms with Crippen LogP contribution in [0.2, 0.25) is 0 Å². The van der Waals surface area contributed by atoms with E-state index in [-0.39, 0.29) is 16.4 Å². The van der Waals surface area contributed by atoms with E-state index in [0.717, 1.165) is 56.9 Å². The summed E-state index contributed by atoms with van der Waals surface area (Å²) in [5.74, 6) is -0.839. The molecule has 0 aromatic heterocycles. The van der Waals surface area contributed by atoms with E-state index in [1.807, 2.05) is 0 Å². The van der Waals surface area contributed by atoms with E-state index in [4.69, 9.17) is 4.55 Å². The molecule has 0 bridgehead atoms. The molecule has 1 rings (SSSR count). The molecule has 30 heavy (non-hydrogen) atoms. The maximum absolute atomic E-state index is 12.5. The van der Waals surface area contributed by atoms with E-state index in [0.29, 0.717) is 18.4 Å². The maximum atomic E-state index is 12.5. The topological polar surface area (TPSA) is 130 Å². The second kappa shape index (κ2) is 12.9. The first kappa shape index (κ1) is 25.5. The van der Waals surface area contributed by atoms with Gasteiger partial charge < -0.3 is 15.4 Å². The standard InChI is InChI=1S/C21H30N2O6S/c1-16(2)20(25)22-19(10-8-6-4-3-5-7-9-15-24)23-21(26)17-11-13-18(14-12-17)30(27,28)29/h11-15,19H,1,3-10H2,2H3,(H,22,25)(H,23,26)(H,27,28,29). The van der Waals surface area contributed by atoms with Crippen LogP contribution >= 0.6 is 0 Å². The normalized spacial score (nSPS) is 12.1. The van der Waals surface area contributed by atoms with Crippen LogP contribution in [0.4, 0.5) is 0 Å². The van der Waals surface area contributed by atoms with Gasteiger partial charge in [0.05, 0.1) is 4.90 Å². The van der Waals surface area contributed by atoms with Gasteiger partial charge in [0.1, 0.15) is 12.5 Å². The Morgan fingerprint density at radius 1 is 1.03 bits per heavy atom. The molecule has 0 fully saturated rings.